The van der Waals surface area contributed by atoms with Crippen molar-refractivity contribution in [2.24, 2.45) is 0 Å². The highest BCUT2D eigenvalue weighted by Gasteiger charge is 2.19. The number of morpholine rings is 1. The van der Waals surface area contributed by atoms with Gasteiger partial charge in [0, 0.05) is 19.6 Å². The molecular weight excluding hydrogens is 200 g/mol. The topological polar surface area (TPSA) is 15.7 Å². The molecule has 1 heterocycles. The summed E-state index contributed by atoms with van der Waals surface area (Å²) in [5, 5.41) is 0. The molecule has 0 amide bonds. The third-order valence-corrected chi connectivity index (χ3v) is 3.42. The summed E-state index contributed by atoms with van der Waals surface area (Å²) in [7, 11) is 2.18. The first-order valence-corrected chi connectivity index (χ1v) is 6.78. The standard InChI is InChI=1S/C13H28N2O/c1-4-6-8-15-10-11-16-13(12-15)7-9-14(3)5-2/h13H,4-12H2,1-3H3/t13-/m0/s1. The van der Waals surface area contributed by atoms with E-state index in [-0.39, 0.29) is 0 Å². The van der Waals surface area contributed by atoms with Crippen molar-refractivity contribution < 1.29 is 4.74 Å². The van der Waals surface area contributed by atoms with Gasteiger partial charge in [0.25, 0.3) is 0 Å². The van der Waals surface area contributed by atoms with Crippen LogP contribution in [0.5, 0.6) is 0 Å². The SMILES string of the molecule is CCCCN1CCO[C@@H](CCN(C)CC)C1. The molecule has 16 heavy (non-hydrogen) atoms. The van der Waals surface area contributed by atoms with E-state index in [2.05, 4.69) is 30.7 Å². The second-order valence-electron chi connectivity index (χ2n) is 4.83. The maximum atomic E-state index is 5.81. The smallest absolute Gasteiger partial charge is 0.0714 e. The minimum absolute atomic E-state index is 0.458. The summed E-state index contributed by atoms with van der Waals surface area (Å²) in [5.41, 5.74) is 0. The van der Waals surface area contributed by atoms with E-state index < -0.39 is 0 Å². The highest BCUT2D eigenvalue weighted by atomic mass is 16.5. The maximum absolute atomic E-state index is 5.81. The molecule has 0 saturated carbocycles. The molecule has 0 aromatic carbocycles. The van der Waals surface area contributed by atoms with Gasteiger partial charge in [0.05, 0.1) is 12.7 Å². The summed E-state index contributed by atoms with van der Waals surface area (Å²) in [4.78, 5) is 4.91. The van der Waals surface area contributed by atoms with Crippen molar-refractivity contribution in [1.82, 2.24) is 9.80 Å². The van der Waals surface area contributed by atoms with Crippen LogP contribution in [-0.4, -0.2) is 62.3 Å². The molecule has 0 N–H and O–H groups in total. The fraction of sp³-hybridized carbons (Fsp3) is 1.00. The molecule has 1 saturated heterocycles. The molecule has 1 rings (SSSR count). The van der Waals surface area contributed by atoms with Crippen LogP contribution in [0, 0.1) is 0 Å². The molecule has 96 valence electrons. The minimum Gasteiger partial charge on any atom is -0.376 e. The Bertz CT molecular complexity index is 175. The van der Waals surface area contributed by atoms with Gasteiger partial charge in [-0.15, -0.1) is 0 Å². The van der Waals surface area contributed by atoms with Crippen LogP contribution in [0.1, 0.15) is 33.1 Å². The van der Waals surface area contributed by atoms with Crippen LogP contribution in [0.2, 0.25) is 0 Å². The van der Waals surface area contributed by atoms with E-state index in [1.165, 1.54) is 25.8 Å². The van der Waals surface area contributed by atoms with Crippen LogP contribution in [-0.2, 0) is 4.74 Å². The number of rotatable bonds is 7. The van der Waals surface area contributed by atoms with E-state index >= 15 is 0 Å². The first-order valence-electron chi connectivity index (χ1n) is 6.78. The van der Waals surface area contributed by atoms with Crippen LogP contribution in [0.4, 0.5) is 0 Å². The zero-order valence-corrected chi connectivity index (χ0v) is 11.2. The minimum atomic E-state index is 0.458. The number of unbranched alkanes of at least 4 members (excludes halogenated alkanes) is 1. The largest absolute Gasteiger partial charge is 0.376 e. The summed E-state index contributed by atoms with van der Waals surface area (Å²) in [6, 6.07) is 0. The van der Waals surface area contributed by atoms with Gasteiger partial charge in [0.1, 0.15) is 0 Å². The lowest BCUT2D eigenvalue weighted by Gasteiger charge is -2.33. The van der Waals surface area contributed by atoms with Crippen LogP contribution in [0.15, 0.2) is 0 Å². The molecule has 1 fully saturated rings. The molecule has 0 aliphatic carbocycles. The second-order valence-corrected chi connectivity index (χ2v) is 4.83. The van der Waals surface area contributed by atoms with Crippen molar-refractivity contribution in [3.05, 3.63) is 0 Å². The van der Waals surface area contributed by atoms with Crippen molar-refractivity contribution in [1.29, 1.82) is 0 Å². The van der Waals surface area contributed by atoms with Gasteiger partial charge in [-0.05, 0) is 33.0 Å². The quantitative estimate of drug-likeness (QED) is 0.661. The first kappa shape index (κ1) is 13.9. The Kier molecular flexibility index (Phi) is 7.01. The van der Waals surface area contributed by atoms with E-state index in [0.717, 1.165) is 32.8 Å². The summed E-state index contributed by atoms with van der Waals surface area (Å²) in [6.07, 6.45) is 4.24. The molecule has 3 nitrogen and oxygen atoms in total. The maximum Gasteiger partial charge on any atom is 0.0714 e. The molecule has 0 unspecified atom stereocenters. The Hall–Kier alpha value is -0.120. The fourth-order valence-electron chi connectivity index (χ4n) is 2.06. The Balaban J connectivity index is 2.17. The van der Waals surface area contributed by atoms with Crippen LogP contribution < -0.4 is 0 Å². The normalized spacial score (nSPS) is 22.9. The van der Waals surface area contributed by atoms with Gasteiger partial charge in [0.2, 0.25) is 0 Å². The molecule has 1 aliphatic heterocycles. The number of hydrogen-bond donors (Lipinski definition) is 0. The fourth-order valence-corrected chi connectivity index (χ4v) is 2.06. The van der Waals surface area contributed by atoms with Gasteiger partial charge >= 0.3 is 0 Å². The van der Waals surface area contributed by atoms with Gasteiger partial charge in [0.15, 0.2) is 0 Å². The molecule has 1 atom stereocenters. The number of ether oxygens (including phenoxy) is 1. The van der Waals surface area contributed by atoms with E-state index in [4.69, 9.17) is 4.74 Å². The average Bonchev–Trinajstić information content (AvgIpc) is 2.34. The molecule has 0 spiro atoms. The predicted octanol–water partition coefficient (Wildman–Crippen LogP) is 1.83. The van der Waals surface area contributed by atoms with E-state index in [1.807, 2.05) is 0 Å². The summed E-state index contributed by atoms with van der Waals surface area (Å²) < 4.78 is 5.81. The van der Waals surface area contributed by atoms with E-state index in [0.29, 0.717) is 6.10 Å². The highest BCUT2D eigenvalue weighted by Crippen LogP contribution is 2.10. The summed E-state index contributed by atoms with van der Waals surface area (Å²) >= 11 is 0. The Morgan fingerprint density at radius 3 is 2.88 bits per heavy atom. The summed E-state index contributed by atoms with van der Waals surface area (Å²) in [6.45, 7) is 11.2. The van der Waals surface area contributed by atoms with Gasteiger partial charge in [-0.2, -0.15) is 0 Å². The zero-order valence-electron chi connectivity index (χ0n) is 11.2. The first-order chi connectivity index (χ1) is 7.76. The monoisotopic (exact) mass is 228 g/mol. The van der Waals surface area contributed by atoms with Gasteiger partial charge < -0.3 is 9.64 Å². The van der Waals surface area contributed by atoms with E-state index in [1.54, 1.807) is 0 Å². The Labute approximate surface area is 101 Å². The van der Waals surface area contributed by atoms with Crippen molar-refractivity contribution in [3.63, 3.8) is 0 Å². The third kappa shape index (κ3) is 5.28. The van der Waals surface area contributed by atoms with Crippen LogP contribution in [0.3, 0.4) is 0 Å². The molecular formula is C13H28N2O. The molecule has 0 bridgehead atoms. The van der Waals surface area contributed by atoms with Crippen molar-refractivity contribution in [2.45, 2.75) is 39.2 Å². The van der Waals surface area contributed by atoms with Crippen molar-refractivity contribution in [3.8, 4) is 0 Å². The summed E-state index contributed by atoms with van der Waals surface area (Å²) in [5.74, 6) is 0. The molecule has 3 heteroatoms. The number of nitrogens with zero attached hydrogens (tertiary/aromatic N) is 2. The molecule has 0 aromatic rings. The zero-order chi connectivity index (χ0) is 11.8. The van der Waals surface area contributed by atoms with Crippen LogP contribution in [0.25, 0.3) is 0 Å². The average molecular weight is 228 g/mol. The predicted molar refractivity (Wildman–Crippen MR) is 68.9 cm³/mol. The lowest BCUT2D eigenvalue weighted by molar-refractivity contribution is -0.0349. The van der Waals surface area contributed by atoms with Crippen molar-refractivity contribution in [2.75, 3.05) is 46.4 Å². The van der Waals surface area contributed by atoms with Crippen LogP contribution >= 0.6 is 0 Å². The molecule has 1 aliphatic rings. The number of hydrogen-bond acceptors (Lipinski definition) is 3. The molecule has 0 radical (unpaired) electrons. The Morgan fingerprint density at radius 1 is 1.38 bits per heavy atom. The Morgan fingerprint density at radius 2 is 2.19 bits per heavy atom. The second kappa shape index (κ2) is 8.04. The van der Waals surface area contributed by atoms with Crippen molar-refractivity contribution >= 4 is 0 Å². The lowest BCUT2D eigenvalue weighted by atomic mass is 10.2. The van der Waals surface area contributed by atoms with E-state index in [9.17, 15) is 0 Å². The third-order valence-electron chi connectivity index (χ3n) is 3.42. The lowest BCUT2D eigenvalue weighted by Crippen LogP contribution is -2.43. The van der Waals surface area contributed by atoms with Gasteiger partial charge in [-0.25, -0.2) is 0 Å². The highest BCUT2D eigenvalue weighted by molar-refractivity contribution is 4.72. The van der Waals surface area contributed by atoms with Gasteiger partial charge in [-0.3, -0.25) is 4.90 Å². The molecule has 0 aromatic heterocycles. The van der Waals surface area contributed by atoms with Gasteiger partial charge in [-0.1, -0.05) is 20.3 Å².